The summed E-state index contributed by atoms with van der Waals surface area (Å²) in [5, 5.41) is 12.5. The zero-order valence-corrected chi connectivity index (χ0v) is 11.2. The maximum atomic E-state index is 12.7. The average Bonchev–Trinajstić information content (AvgIpc) is 2.80. The highest BCUT2D eigenvalue weighted by atomic mass is 19.4. The van der Waals surface area contributed by atoms with Gasteiger partial charge in [0.15, 0.2) is 0 Å². The molecular formula is C15H20F3NO. The second-order valence-corrected chi connectivity index (χ2v) is 5.52. The Balaban J connectivity index is 1.96. The van der Waals surface area contributed by atoms with Crippen LogP contribution in [0.5, 0.6) is 0 Å². The van der Waals surface area contributed by atoms with Crippen LogP contribution >= 0.6 is 0 Å². The molecule has 0 aliphatic heterocycles. The van der Waals surface area contributed by atoms with E-state index >= 15 is 0 Å². The number of rotatable bonds is 5. The number of aliphatic hydroxyl groups is 1. The number of benzene rings is 1. The summed E-state index contributed by atoms with van der Waals surface area (Å²) in [7, 11) is 0. The normalized spacial score (nSPS) is 24.8. The average molecular weight is 287 g/mol. The molecule has 2 rings (SSSR count). The van der Waals surface area contributed by atoms with Gasteiger partial charge in [-0.25, -0.2) is 0 Å². The van der Waals surface area contributed by atoms with Gasteiger partial charge in [-0.05, 0) is 37.3 Å². The summed E-state index contributed by atoms with van der Waals surface area (Å²) in [5.41, 5.74) is 0.656. The van der Waals surface area contributed by atoms with Crippen LogP contribution in [0.4, 0.5) is 13.2 Å². The van der Waals surface area contributed by atoms with Crippen LogP contribution in [0.25, 0.3) is 0 Å². The Kier molecular flexibility index (Phi) is 5.05. The molecule has 112 valence electrons. The second kappa shape index (κ2) is 6.59. The first kappa shape index (κ1) is 15.3. The Labute approximate surface area is 117 Å². The zero-order chi connectivity index (χ0) is 14.6. The minimum Gasteiger partial charge on any atom is -0.393 e. The topological polar surface area (TPSA) is 32.3 Å². The second-order valence-electron chi connectivity index (χ2n) is 5.52. The van der Waals surface area contributed by atoms with Gasteiger partial charge in [0, 0.05) is 6.04 Å². The molecule has 2 nitrogen and oxygen atoms in total. The molecular weight excluding hydrogens is 267 g/mol. The van der Waals surface area contributed by atoms with E-state index in [1.165, 1.54) is 0 Å². The lowest BCUT2D eigenvalue weighted by atomic mass is 10.0. The van der Waals surface area contributed by atoms with E-state index in [9.17, 15) is 18.3 Å². The van der Waals surface area contributed by atoms with Crippen molar-refractivity contribution < 1.29 is 18.3 Å². The Morgan fingerprint density at radius 3 is 2.45 bits per heavy atom. The molecule has 3 unspecified atom stereocenters. The third kappa shape index (κ3) is 4.80. The monoisotopic (exact) mass is 287 g/mol. The standard InChI is InChI=1S/C15H20F3NO/c16-15(17,18)9-14(12-4-2-1-3-5-12)19-10-11-6-7-13(20)8-11/h1-5,11,13-14,19-20H,6-10H2. The molecule has 0 radical (unpaired) electrons. The predicted molar refractivity (Wildman–Crippen MR) is 71.2 cm³/mol. The minimum atomic E-state index is -4.19. The van der Waals surface area contributed by atoms with Crippen molar-refractivity contribution in [1.82, 2.24) is 5.32 Å². The van der Waals surface area contributed by atoms with Crippen LogP contribution in [0.2, 0.25) is 0 Å². The minimum absolute atomic E-state index is 0.268. The Morgan fingerprint density at radius 2 is 1.90 bits per heavy atom. The highest BCUT2D eigenvalue weighted by molar-refractivity contribution is 5.19. The third-order valence-corrected chi connectivity index (χ3v) is 3.80. The molecule has 1 fully saturated rings. The molecule has 2 N–H and O–H groups in total. The third-order valence-electron chi connectivity index (χ3n) is 3.80. The molecule has 3 atom stereocenters. The van der Waals surface area contributed by atoms with Gasteiger partial charge in [-0.15, -0.1) is 0 Å². The van der Waals surface area contributed by atoms with Gasteiger partial charge in [0.25, 0.3) is 0 Å². The zero-order valence-electron chi connectivity index (χ0n) is 11.2. The molecule has 20 heavy (non-hydrogen) atoms. The highest BCUT2D eigenvalue weighted by Crippen LogP contribution is 2.31. The first-order valence-electron chi connectivity index (χ1n) is 6.97. The summed E-state index contributed by atoms with van der Waals surface area (Å²) in [4.78, 5) is 0. The van der Waals surface area contributed by atoms with Gasteiger partial charge in [0.1, 0.15) is 0 Å². The van der Waals surface area contributed by atoms with Crippen molar-refractivity contribution >= 4 is 0 Å². The van der Waals surface area contributed by atoms with Crippen LogP contribution in [-0.4, -0.2) is 23.9 Å². The van der Waals surface area contributed by atoms with Crippen LogP contribution in [-0.2, 0) is 0 Å². The van der Waals surface area contributed by atoms with Crippen LogP contribution in [0.1, 0.15) is 37.3 Å². The maximum Gasteiger partial charge on any atom is 0.390 e. The van der Waals surface area contributed by atoms with Crippen molar-refractivity contribution in [3.8, 4) is 0 Å². The van der Waals surface area contributed by atoms with Gasteiger partial charge >= 0.3 is 6.18 Å². The van der Waals surface area contributed by atoms with E-state index in [-0.39, 0.29) is 12.0 Å². The van der Waals surface area contributed by atoms with E-state index in [1.54, 1.807) is 30.3 Å². The van der Waals surface area contributed by atoms with Crippen molar-refractivity contribution in [2.45, 2.75) is 44.0 Å². The van der Waals surface area contributed by atoms with E-state index in [4.69, 9.17) is 0 Å². The number of aliphatic hydroxyl groups excluding tert-OH is 1. The summed E-state index contributed by atoms with van der Waals surface area (Å²) < 4.78 is 38.0. The summed E-state index contributed by atoms with van der Waals surface area (Å²) in [6.45, 7) is 0.521. The lowest BCUT2D eigenvalue weighted by Gasteiger charge is -2.22. The lowest BCUT2D eigenvalue weighted by molar-refractivity contribution is -0.140. The molecule has 5 heteroatoms. The van der Waals surface area contributed by atoms with Crippen molar-refractivity contribution in [3.05, 3.63) is 35.9 Å². The largest absolute Gasteiger partial charge is 0.393 e. The smallest absolute Gasteiger partial charge is 0.390 e. The molecule has 1 aliphatic rings. The molecule has 0 saturated heterocycles. The quantitative estimate of drug-likeness (QED) is 0.869. The van der Waals surface area contributed by atoms with Gasteiger partial charge in [-0.3, -0.25) is 0 Å². The fourth-order valence-electron chi connectivity index (χ4n) is 2.77. The number of hydrogen-bond acceptors (Lipinski definition) is 2. The van der Waals surface area contributed by atoms with Crippen molar-refractivity contribution in [1.29, 1.82) is 0 Å². The summed E-state index contributed by atoms with van der Waals surface area (Å²) >= 11 is 0. The van der Waals surface area contributed by atoms with Crippen molar-refractivity contribution in [2.24, 2.45) is 5.92 Å². The van der Waals surface area contributed by atoms with Crippen molar-refractivity contribution in [2.75, 3.05) is 6.54 Å². The SMILES string of the molecule is OC1CCC(CNC(CC(F)(F)F)c2ccccc2)C1. The van der Waals surface area contributed by atoms with Crippen LogP contribution < -0.4 is 5.32 Å². The molecule has 0 bridgehead atoms. The number of halogens is 3. The molecule has 1 saturated carbocycles. The van der Waals surface area contributed by atoms with Crippen LogP contribution in [0.3, 0.4) is 0 Å². The molecule has 1 aromatic carbocycles. The fourth-order valence-corrected chi connectivity index (χ4v) is 2.77. The van der Waals surface area contributed by atoms with Gasteiger partial charge in [-0.2, -0.15) is 13.2 Å². The molecule has 0 aromatic heterocycles. The molecule has 1 aromatic rings. The Bertz CT molecular complexity index is 407. The first-order valence-corrected chi connectivity index (χ1v) is 6.97. The van der Waals surface area contributed by atoms with E-state index in [0.29, 0.717) is 18.5 Å². The van der Waals surface area contributed by atoms with E-state index in [0.717, 1.165) is 12.8 Å². The lowest BCUT2D eigenvalue weighted by Crippen LogP contribution is -2.30. The van der Waals surface area contributed by atoms with Crippen LogP contribution in [0.15, 0.2) is 30.3 Å². The number of hydrogen-bond donors (Lipinski definition) is 2. The highest BCUT2D eigenvalue weighted by Gasteiger charge is 2.33. The predicted octanol–water partition coefficient (Wildman–Crippen LogP) is 3.43. The Hall–Kier alpha value is -1.07. The molecule has 0 amide bonds. The summed E-state index contributed by atoms with van der Waals surface area (Å²) in [5.74, 6) is 0.268. The van der Waals surface area contributed by atoms with E-state index < -0.39 is 18.6 Å². The maximum absolute atomic E-state index is 12.7. The molecule has 0 spiro atoms. The van der Waals surface area contributed by atoms with Crippen LogP contribution in [0, 0.1) is 5.92 Å². The van der Waals surface area contributed by atoms with E-state index in [1.807, 2.05) is 0 Å². The first-order chi connectivity index (χ1) is 9.44. The molecule has 0 heterocycles. The van der Waals surface area contributed by atoms with Crippen molar-refractivity contribution in [3.63, 3.8) is 0 Å². The summed E-state index contributed by atoms with van der Waals surface area (Å²) in [6.07, 6.45) is -3.04. The van der Waals surface area contributed by atoms with Gasteiger partial charge in [-0.1, -0.05) is 30.3 Å². The van der Waals surface area contributed by atoms with Gasteiger partial charge in [0.2, 0.25) is 0 Å². The Morgan fingerprint density at radius 1 is 1.20 bits per heavy atom. The number of nitrogens with one attached hydrogen (secondary N) is 1. The fraction of sp³-hybridized carbons (Fsp3) is 0.600. The van der Waals surface area contributed by atoms with Gasteiger partial charge < -0.3 is 10.4 Å². The van der Waals surface area contributed by atoms with Gasteiger partial charge in [0.05, 0.1) is 12.5 Å². The van der Waals surface area contributed by atoms with E-state index in [2.05, 4.69) is 5.32 Å². The number of alkyl halides is 3. The molecule has 1 aliphatic carbocycles. The summed E-state index contributed by atoms with van der Waals surface area (Å²) in [6, 6.07) is 8.01.